The van der Waals surface area contributed by atoms with E-state index in [9.17, 15) is 14.4 Å². The zero-order chi connectivity index (χ0) is 21.2. The van der Waals surface area contributed by atoms with Crippen LogP contribution in [0.4, 0.5) is 10.5 Å². The van der Waals surface area contributed by atoms with Crippen molar-refractivity contribution in [1.29, 1.82) is 0 Å². The maximum absolute atomic E-state index is 12.9. The summed E-state index contributed by atoms with van der Waals surface area (Å²) in [5.41, 5.74) is 5.50. The fraction of sp³-hybridized carbons (Fsp3) is 0.474. The van der Waals surface area contributed by atoms with Gasteiger partial charge in [0.05, 0.1) is 23.6 Å². The van der Waals surface area contributed by atoms with E-state index in [0.29, 0.717) is 5.56 Å². The SMILES string of the molecule is CCOc1nc2cc(N)c(C(=O)C(C)NC(=O)OC(C)(C)C)c(C)c2c(=O)o1. The number of anilines is 1. The summed E-state index contributed by atoms with van der Waals surface area (Å²) in [6, 6.07) is 0.492. The molecule has 1 heterocycles. The monoisotopic (exact) mass is 391 g/mol. The number of aryl methyl sites for hydroxylation is 1. The summed E-state index contributed by atoms with van der Waals surface area (Å²) in [5.74, 6) is -0.462. The summed E-state index contributed by atoms with van der Waals surface area (Å²) in [5, 5.41) is 2.60. The first-order valence-electron chi connectivity index (χ1n) is 8.85. The number of rotatable bonds is 5. The topological polar surface area (TPSA) is 134 Å². The first kappa shape index (κ1) is 21.2. The summed E-state index contributed by atoms with van der Waals surface area (Å²) >= 11 is 0. The standard InChI is InChI=1S/C19H25N3O6/c1-7-26-18-22-12-8-11(20)13(9(2)14(12)16(24)27-18)15(23)10(3)21-17(25)28-19(4,5)6/h8,10H,7,20H2,1-6H3,(H,21,25). The number of aromatic nitrogens is 1. The fourth-order valence-corrected chi connectivity index (χ4v) is 2.70. The molecule has 0 radical (unpaired) electrons. The Morgan fingerprint density at radius 3 is 2.57 bits per heavy atom. The van der Waals surface area contributed by atoms with Crippen LogP contribution in [-0.2, 0) is 4.74 Å². The second-order valence-corrected chi connectivity index (χ2v) is 7.29. The van der Waals surface area contributed by atoms with Gasteiger partial charge in [0.15, 0.2) is 5.78 Å². The summed E-state index contributed by atoms with van der Waals surface area (Å²) in [4.78, 5) is 41.3. The lowest BCUT2D eigenvalue weighted by molar-refractivity contribution is 0.0496. The molecule has 0 aliphatic heterocycles. The number of carbonyl (C=O) groups is 2. The molecule has 1 unspecified atom stereocenters. The second-order valence-electron chi connectivity index (χ2n) is 7.29. The molecule has 3 N–H and O–H groups in total. The van der Waals surface area contributed by atoms with Crippen LogP contribution in [0.3, 0.4) is 0 Å². The molecule has 0 fully saturated rings. The van der Waals surface area contributed by atoms with E-state index < -0.39 is 29.1 Å². The number of nitrogens with two attached hydrogens (primary N) is 1. The van der Waals surface area contributed by atoms with Crippen LogP contribution in [0, 0.1) is 6.92 Å². The number of Topliss-reactive ketones (excluding diaryl/α,β-unsaturated/α-hetero) is 1. The second kappa shape index (κ2) is 7.87. The fourth-order valence-electron chi connectivity index (χ4n) is 2.70. The number of nitrogens with one attached hydrogen (secondary N) is 1. The maximum Gasteiger partial charge on any atom is 0.408 e. The predicted octanol–water partition coefficient (Wildman–Crippen LogP) is 2.57. The lowest BCUT2D eigenvalue weighted by atomic mass is 9.95. The van der Waals surface area contributed by atoms with Crippen molar-refractivity contribution in [2.45, 2.75) is 53.2 Å². The number of nitrogen functional groups attached to an aromatic ring is 1. The third-order valence-electron chi connectivity index (χ3n) is 3.82. The minimum atomic E-state index is -0.920. The van der Waals surface area contributed by atoms with Gasteiger partial charge in [-0.1, -0.05) is 0 Å². The minimum Gasteiger partial charge on any atom is -0.450 e. The number of hydrogen-bond acceptors (Lipinski definition) is 8. The van der Waals surface area contributed by atoms with Gasteiger partial charge in [-0.05, 0) is 53.2 Å². The van der Waals surface area contributed by atoms with Crippen molar-refractivity contribution in [3.8, 4) is 6.08 Å². The van der Waals surface area contributed by atoms with Crippen LogP contribution in [0.25, 0.3) is 10.9 Å². The number of nitrogens with zero attached hydrogens (tertiary/aromatic N) is 1. The van der Waals surface area contributed by atoms with Crippen LogP contribution in [0.1, 0.15) is 50.5 Å². The van der Waals surface area contributed by atoms with E-state index in [-0.39, 0.29) is 34.8 Å². The molecule has 0 bridgehead atoms. The van der Waals surface area contributed by atoms with Crippen molar-refractivity contribution in [1.82, 2.24) is 10.3 Å². The Morgan fingerprint density at radius 2 is 2.00 bits per heavy atom. The molecular formula is C19H25N3O6. The molecule has 9 heteroatoms. The van der Waals surface area contributed by atoms with Gasteiger partial charge >= 0.3 is 17.8 Å². The molecule has 9 nitrogen and oxygen atoms in total. The molecule has 2 aromatic rings. The minimum absolute atomic E-state index is 0.120. The van der Waals surface area contributed by atoms with Crippen LogP contribution in [0.2, 0.25) is 0 Å². The number of ketones is 1. The van der Waals surface area contributed by atoms with Crippen molar-refractivity contribution in [3.05, 3.63) is 27.6 Å². The van der Waals surface area contributed by atoms with Gasteiger partial charge in [0, 0.05) is 11.3 Å². The number of ether oxygens (including phenoxy) is 2. The highest BCUT2D eigenvalue weighted by molar-refractivity contribution is 6.09. The van der Waals surface area contributed by atoms with Gasteiger partial charge in [0.2, 0.25) is 0 Å². The Balaban J connectivity index is 2.42. The average molecular weight is 391 g/mol. The van der Waals surface area contributed by atoms with Crippen LogP contribution in [-0.4, -0.2) is 35.1 Å². The highest BCUT2D eigenvalue weighted by Crippen LogP contribution is 2.26. The zero-order valence-corrected chi connectivity index (χ0v) is 16.8. The normalized spacial score (nSPS) is 12.5. The number of hydrogen-bond donors (Lipinski definition) is 2. The first-order chi connectivity index (χ1) is 12.9. The Bertz CT molecular complexity index is 974. The number of carbonyl (C=O) groups excluding carboxylic acids is 2. The van der Waals surface area contributed by atoms with Crippen LogP contribution in [0.5, 0.6) is 6.08 Å². The Labute approximate surface area is 162 Å². The molecule has 0 spiro atoms. The molecule has 152 valence electrons. The third kappa shape index (κ3) is 4.59. The lowest BCUT2D eigenvalue weighted by Gasteiger charge is -2.22. The van der Waals surface area contributed by atoms with Gasteiger partial charge in [-0.25, -0.2) is 9.59 Å². The van der Waals surface area contributed by atoms with Crippen molar-refractivity contribution in [3.63, 3.8) is 0 Å². The number of amides is 1. The largest absolute Gasteiger partial charge is 0.450 e. The molecule has 0 aliphatic carbocycles. The molecule has 2 rings (SSSR count). The summed E-state index contributed by atoms with van der Waals surface area (Å²) in [6.07, 6.45) is -0.897. The highest BCUT2D eigenvalue weighted by Gasteiger charge is 2.26. The van der Waals surface area contributed by atoms with E-state index in [0.717, 1.165) is 0 Å². The van der Waals surface area contributed by atoms with Gasteiger partial charge in [0.1, 0.15) is 5.60 Å². The van der Waals surface area contributed by atoms with Crippen molar-refractivity contribution in [2.75, 3.05) is 12.3 Å². The van der Waals surface area contributed by atoms with Crippen molar-refractivity contribution >= 4 is 28.5 Å². The first-order valence-corrected chi connectivity index (χ1v) is 8.85. The van der Waals surface area contributed by atoms with Crippen molar-refractivity contribution in [2.24, 2.45) is 0 Å². The quantitative estimate of drug-likeness (QED) is 0.587. The molecule has 1 aromatic heterocycles. The van der Waals surface area contributed by atoms with E-state index in [4.69, 9.17) is 19.6 Å². The van der Waals surface area contributed by atoms with Gasteiger partial charge in [-0.15, -0.1) is 0 Å². The predicted molar refractivity (Wildman–Crippen MR) is 104 cm³/mol. The highest BCUT2D eigenvalue weighted by atomic mass is 16.6. The van der Waals surface area contributed by atoms with E-state index in [1.807, 2.05) is 0 Å². The van der Waals surface area contributed by atoms with Crippen LogP contribution >= 0.6 is 0 Å². The Morgan fingerprint density at radius 1 is 1.36 bits per heavy atom. The van der Waals surface area contributed by atoms with Crippen molar-refractivity contribution < 1.29 is 23.5 Å². The molecule has 1 aromatic carbocycles. The van der Waals surface area contributed by atoms with Gasteiger partial charge in [0.25, 0.3) is 0 Å². The van der Waals surface area contributed by atoms with E-state index in [1.165, 1.54) is 13.0 Å². The molecule has 1 atom stereocenters. The number of fused-ring (bicyclic) bond motifs is 1. The lowest BCUT2D eigenvalue weighted by Crippen LogP contribution is -2.42. The third-order valence-corrected chi connectivity index (χ3v) is 3.82. The Hall–Kier alpha value is -3.10. The van der Waals surface area contributed by atoms with E-state index in [2.05, 4.69) is 10.3 Å². The molecule has 0 saturated heterocycles. The van der Waals surface area contributed by atoms with Gasteiger partial charge < -0.3 is 24.9 Å². The van der Waals surface area contributed by atoms with Gasteiger partial charge in [-0.2, -0.15) is 4.98 Å². The average Bonchev–Trinajstić information content (AvgIpc) is 2.52. The number of alkyl carbamates (subject to hydrolysis) is 1. The smallest absolute Gasteiger partial charge is 0.408 e. The molecule has 1 amide bonds. The summed E-state index contributed by atoms with van der Waals surface area (Å²) in [6.45, 7) is 10.2. The molecule has 28 heavy (non-hydrogen) atoms. The summed E-state index contributed by atoms with van der Waals surface area (Å²) in [7, 11) is 0. The van der Waals surface area contributed by atoms with Crippen LogP contribution < -0.4 is 21.4 Å². The maximum atomic E-state index is 12.9. The molecular weight excluding hydrogens is 366 g/mol. The van der Waals surface area contributed by atoms with E-state index >= 15 is 0 Å². The molecule has 0 saturated carbocycles. The van der Waals surface area contributed by atoms with Gasteiger partial charge in [-0.3, -0.25) is 4.79 Å². The zero-order valence-electron chi connectivity index (χ0n) is 16.8. The summed E-state index contributed by atoms with van der Waals surface area (Å²) < 4.78 is 15.3. The van der Waals surface area contributed by atoms with E-state index in [1.54, 1.807) is 34.6 Å². The van der Waals surface area contributed by atoms with Crippen LogP contribution in [0.15, 0.2) is 15.3 Å². The molecule has 0 aliphatic rings. The Kier molecular flexibility index (Phi) is 5.96. The number of benzene rings is 1.